The van der Waals surface area contributed by atoms with Crippen molar-refractivity contribution in [1.82, 2.24) is 4.90 Å². The van der Waals surface area contributed by atoms with E-state index in [1.54, 1.807) is 0 Å². The normalized spacial score (nSPS) is 30.9. The molecule has 0 aliphatic heterocycles. The SMILES string of the molecule is CCC(C)(C)N(C)C1(CN)CCCC(OC)C1. The minimum atomic E-state index is 0.123. The lowest BCUT2D eigenvalue weighted by molar-refractivity contribution is -0.0504. The predicted molar refractivity (Wildman–Crippen MR) is 73.2 cm³/mol. The largest absolute Gasteiger partial charge is 0.381 e. The van der Waals surface area contributed by atoms with Crippen LogP contribution in [0.15, 0.2) is 0 Å². The summed E-state index contributed by atoms with van der Waals surface area (Å²) in [4.78, 5) is 2.51. The van der Waals surface area contributed by atoms with E-state index in [1.807, 2.05) is 7.11 Å². The van der Waals surface area contributed by atoms with E-state index < -0.39 is 0 Å². The van der Waals surface area contributed by atoms with Crippen molar-refractivity contribution in [1.29, 1.82) is 0 Å². The maximum absolute atomic E-state index is 6.11. The van der Waals surface area contributed by atoms with Crippen LogP contribution in [-0.2, 0) is 4.74 Å². The third kappa shape index (κ3) is 3.01. The molecule has 1 aliphatic carbocycles. The standard InChI is InChI=1S/C14H30N2O/c1-6-13(2,3)16(4)14(11-15)9-7-8-12(10-14)17-5/h12H,6-11,15H2,1-5H3. The number of hydrogen-bond acceptors (Lipinski definition) is 3. The molecule has 0 aromatic heterocycles. The molecule has 17 heavy (non-hydrogen) atoms. The molecule has 2 atom stereocenters. The van der Waals surface area contributed by atoms with E-state index in [4.69, 9.17) is 10.5 Å². The van der Waals surface area contributed by atoms with Gasteiger partial charge in [-0.05, 0) is 53.0 Å². The molecule has 0 spiro atoms. The van der Waals surface area contributed by atoms with Crippen LogP contribution in [-0.4, -0.2) is 42.8 Å². The van der Waals surface area contributed by atoms with Crippen molar-refractivity contribution in [2.75, 3.05) is 20.7 Å². The first-order chi connectivity index (χ1) is 7.91. The van der Waals surface area contributed by atoms with Gasteiger partial charge in [-0.3, -0.25) is 4.90 Å². The number of rotatable bonds is 5. The van der Waals surface area contributed by atoms with Crippen LogP contribution in [0, 0.1) is 0 Å². The van der Waals surface area contributed by atoms with Gasteiger partial charge in [0.15, 0.2) is 0 Å². The molecule has 0 heterocycles. The molecule has 102 valence electrons. The highest BCUT2D eigenvalue weighted by molar-refractivity contribution is 5.00. The van der Waals surface area contributed by atoms with Crippen molar-refractivity contribution in [2.45, 2.75) is 70.1 Å². The minimum absolute atomic E-state index is 0.123. The summed E-state index contributed by atoms with van der Waals surface area (Å²) in [7, 11) is 4.05. The highest BCUT2D eigenvalue weighted by Gasteiger charge is 2.43. The molecule has 0 bridgehead atoms. The third-order valence-corrected chi connectivity index (χ3v) is 4.97. The summed E-state index contributed by atoms with van der Waals surface area (Å²) in [5, 5.41) is 0. The van der Waals surface area contributed by atoms with E-state index in [0.717, 1.165) is 19.4 Å². The summed E-state index contributed by atoms with van der Waals surface area (Å²) in [5.74, 6) is 0. The van der Waals surface area contributed by atoms with Gasteiger partial charge in [-0.15, -0.1) is 0 Å². The fraction of sp³-hybridized carbons (Fsp3) is 1.00. The van der Waals surface area contributed by atoms with E-state index >= 15 is 0 Å². The van der Waals surface area contributed by atoms with Crippen LogP contribution in [0.1, 0.15) is 52.9 Å². The van der Waals surface area contributed by atoms with E-state index in [-0.39, 0.29) is 11.1 Å². The van der Waals surface area contributed by atoms with Crippen LogP contribution in [0.5, 0.6) is 0 Å². The molecule has 0 aromatic rings. The van der Waals surface area contributed by atoms with Gasteiger partial charge in [-0.1, -0.05) is 6.92 Å². The summed E-state index contributed by atoms with van der Waals surface area (Å²) in [6.07, 6.45) is 6.19. The van der Waals surface area contributed by atoms with Gasteiger partial charge in [-0.2, -0.15) is 0 Å². The molecule has 3 nitrogen and oxygen atoms in total. The second kappa shape index (κ2) is 5.68. The summed E-state index contributed by atoms with van der Waals surface area (Å²) in [5.41, 5.74) is 6.44. The van der Waals surface area contributed by atoms with Gasteiger partial charge in [0.05, 0.1) is 6.10 Å². The molecule has 2 unspecified atom stereocenters. The van der Waals surface area contributed by atoms with Gasteiger partial charge in [0.1, 0.15) is 0 Å². The Hall–Kier alpha value is -0.120. The summed E-state index contributed by atoms with van der Waals surface area (Å²) in [6.45, 7) is 7.59. The Morgan fingerprint density at radius 2 is 2.12 bits per heavy atom. The zero-order chi connectivity index (χ0) is 13.1. The number of methoxy groups -OCH3 is 1. The Bertz CT molecular complexity index is 242. The predicted octanol–water partition coefficient (Wildman–Crippen LogP) is 2.39. The molecule has 0 aromatic carbocycles. The maximum Gasteiger partial charge on any atom is 0.0589 e. The number of hydrogen-bond donors (Lipinski definition) is 1. The Kier molecular flexibility index (Phi) is 4.99. The topological polar surface area (TPSA) is 38.5 Å². The second-order valence-electron chi connectivity index (χ2n) is 6.11. The van der Waals surface area contributed by atoms with E-state index in [1.165, 1.54) is 19.3 Å². The van der Waals surface area contributed by atoms with E-state index in [9.17, 15) is 0 Å². The van der Waals surface area contributed by atoms with Crippen LogP contribution in [0.3, 0.4) is 0 Å². The average Bonchev–Trinajstić information content (AvgIpc) is 2.37. The van der Waals surface area contributed by atoms with Gasteiger partial charge in [0.2, 0.25) is 0 Å². The Morgan fingerprint density at radius 3 is 2.59 bits per heavy atom. The molecule has 0 amide bonds. The Balaban J connectivity index is 2.87. The number of likely N-dealkylation sites (N-methyl/N-ethyl adjacent to an activating group) is 1. The Morgan fingerprint density at radius 1 is 1.47 bits per heavy atom. The van der Waals surface area contributed by atoms with Crippen molar-refractivity contribution in [3.8, 4) is 0 Å². The van der Waals surface area contributed by atoms with Crippen LogP contribution >= 0.6 is 0 Å². The smallest absolute Gasteiger partial charge is 0.0589 e. The lowest BCUT2D eigenvalue weighted by atomic mass is 9.76. The summed E-state index contributed by atoms with van der Waals surface area (Å²) >= 11 is 0. The molecule has 0 radical (unpaired) electrons. The van der Waals surface area contributed by atoms with E-state index in [0.29, 0.717) is 6.10 Å². The van der Waals surface area contributed by atoms with Crippen molar-refractivity contribution in [3.05, 3.63) is 0 Å². The average molecular weight is 242 g/mol. The molecule has 2 N–H and O–H groups in total. The molecule has 1 fully saturated rings. The van der Waals surface area contributed by atoms with Crippen molar-refractivity contribution in [2.24, 2.45) is 5.73 Å². The molecular weight excluding hydrogens is 212 g/mol. The van der Waals surface area contributed by atoms with E-state index in [2.05, 4.69) is 32.7 Å². The van der Waals surface area contributed by atoms with Gasteiger partial charge in [0.25, 0.3) is 0 Å². The number of ether oxygens (including phenoxy) is 1. The number of nitrogens with zero attached hydrogens (tertiary/aromatic N) is 1. The molecule has 1 saturated carbocycles. The Labute approximate surface area is 107 Å². The van der Waals surface area contributed by atoms with Gasteiger partial charge in [0, 0.05) is 24.7 Å². The van der Waals surface area contributed by atoms with Crippen LogP contribution in [0.25, 0.3) is 0 Å². The highest BCUT2D eigenvalue weighted by Crippen LogP contribution is 2.37. The summed E-state index contributed by atoms with van der Waals surface area (Å²) in [6, 6.07) is 0. The molecule has 0 saturated heterocycles. The first-order valence-corrected chi connectivity index (χ1v) is 6.88. The quantitative estimate of drug-likeness (QED) is 0.804. The lowest BCUT2D eigenvalue weighted by Gasteiger charge is -2.52. The molecule has 3 heteroatoms. The first-order valence-electron chi connectivity index (χ1n) is 6.88. The van der Waals surface area contributed by atoms with Gasteiger partial charge < -0.3 is 10.5 Å². The zero-order valence-corrected chi connectivity index (χ0v) is 12.3. The lowest BCUT2D eigenvalue weighted by Crippen LogP contribution is -2.62. The molecule has 1 rings (SSSR count). The molecule has 1 aliphatic rings. The molecular formula is C14H30N2O. The first kappa shape index (κ1) is 14.9. The third-order valence-electron chi connectivity index (χ3n) is 4.97. The van der Waals surface area contributed by atoms with Crippen molar-refractivity contribution in [3.63, 3.8) is 0 Å². The van der Waals surface area contributed by atoms with Crippen molar-refractivity contribution >= 4 is 0 Å². The van der Waals surface area contributed by atoms with Crippen LogP contribution in [0.4, 0.5) is 0 Å². The fourth-order valence-electron chi connectivity index (χ4n) is 2.99. The van der Waals surface area contributed by atoms with Crippen molar-refractivity contribution < 1.29 is 4.74 Å². The monoisotopic (exact) mass is 242 g/mol. The van der Waals surface area contributed by atoms with Gasteiger partial charge >= 0.3 is 0 Å². The summed E-state index contributed by atoms with van der Waals surface area (Å²) < 4.78 is 5.56. The maximum atomic E-state index is 6.11. The van der Waals surface area contributed by atoms with Crippen LogP contribution < -0.4 is 5.73 Å². The zero-order valence-electron chi connectivity index (χ0n) is 12.3. The van der Waals surface area contributed by atoms with Gasteiger partial charge in [-0.25, -0.2) is 0 Å². The van der Waals surface area contributed by atoms with Crippen LogP contribution in [0.2, 0.25) is 0 Å². The minimum Gasteiger partial charge on any atom is -0.381 e. The number of nitrogens with two attached hydrogens (primary N) is 1. The fourth-order valence-corrected chi connectivity index (χ4v) is 2.99. The second-order valence-corrected chi connectivity index (χ2v) is 6.11. The highest BCUT2D eigenvalue weighted by atomic mass is 16.5.